The van der Waals surface area contributed by atoms with Gasteiger partial charge in [-0.3, -0.25) is 0 Å². The number of nitrogens with one attached hydrogen (secondary N) is 1. The fraction of sp³-hybridized carbons (Fsp3) is 0.407. The summed E-state index contributed by atoms with van der Waals surface area (Å²) < 4.78 is 13.4. The van der Waals surface area contributed by atoms with E-state index in [4.69, 9.17) is 26.2 Å². The number of aryl methyl sites for hydroxylation is 1. The van der Waals surface area contributed by atoms with Crippen LogP contribution >= 0.6 is 11.6 Å². The zero-order valence-corrected chi connectivity index (χ0v) is 22.3. The van der Waals surface area contributed by atoms with Gasteiger partial charge in [0.05, 0.1) is 30.6 Å². The highest BCUT2D eigenvalue weighted by Gasteiger charge is 2.28. The molecule has 0 fully saturated rings. The fourth-order valence-corrected chi connectivity index (χ4v) is 3.76. The molecule has 1 N–H and O–H groups in total. The highest BCUT2D eigenvalue weighted by Crippen LogP contribution is 2.33. The van der Waals surface area contributed by atoms with E-state index in [1.165, 1.54) is 0 Å². The molecule has 0 aliphatic heterocycles. The average molecular weight is 499 g/mol. The number of ether oxygens (including phenoxy) is 2. The molecule has 188 valence electrons. The zero-order chi connectivity index (χ0) is 25.8. The molecule has 35 heavy (non-hydrogen) atoms. The molecular weight excluding hydrogens is 464 g/mol. The summed E-state index contributed by atoms with van der Waals surface area (Å²) in [4.78, 5) is 15.1. The Hall–Kier alpha value is -3.19. The average Bonchev–Trinajstić information content (AvgIpc) is 3.11. The first-order valence-electron chi connectivity index (χ1n) is 11.8. The maximum absolute atomic E-state index is 13.3. The molecular formula is C27H35ClN4O3. The number of rotatable bonds is 8. The van der Waals surface area contributed by atoms with E-state index in [1.54, 1.807) is 11.8 Å². The maximum Gasteiger partial charge on any atom is 0.318 e. The molecule has 0 spiro atoms. The highest BCUT2D eigenvalue weighted by molar-refractivity contribution is 6.30. The second-order valence-corrected chi connectivity index (χ2v) is 10.0. The van der Waals surface area contributed by atoms with Crippen molar-refractivity contribution in [1.29, 1.82) is 0 Å². The van der Waals surface area contributed by atoms with Crippen molar-refractivity contribution in [2.45, 2.75) is 66.1 Å². The first-order chi connectivity index (χ1) is 16.5. The molecule has 0 aliphatic rings. The largest absolute Gasteiger partial charge is 0.497 e. The highest BCUT2D eigenvalue weighted by atomic mass is 35.5. The van der Waals surface area contributed by atoms with Crippen LogP contribution in [-0.4, -0.2) is 39.4 Å². The minimum atomic E-state index is -0.356. The third kappa shape index (κ3) is 6.69. The quantitative estimate of drug-likeness (QED) is 0.373. The molecule has 8 heteroatoms. The summed E-state index contributed by atoms with van der Waals surface area (Å²) in [5.41, 5.74) is 2.01. The second kappa shape index (κ2) is 11.0. The van der Waals surface area contributed by atoms with E-state index in [1.807, 2.05) is 88.0 Å². The van der Waals surface area contributed by atoms with Crippen LogP contribution in [0.15, 0.2) is 48.5 Å². The van der Waals surface area contributed by atoms with Crippen LogP contribution in [0.1, 0.15) is 52.3 Å². The van der Waals surface area contributed by atoms with Crippen LogP contribution in [0, 0.1) is 6.92 Å². The molecule has 0 saturated heterocycles. The molecule has 3 rings (SSSR count). The van der Waals surface area contributed by atoms with Crippen LogP contribution in [0.3, 0.4) is 0 Å². The summed E-state index contributed by atoms with van der Waals surface area (Å²) in [5, 5.41) is 8.46. The van der Waals surface area contributed by atoms with E-state index in [0.29, 0.717) is 23.2 Å². The lowest BCUT2D eigenvalue weighted by atomic mass is 10.1. The van der Waals surface area contributed by atoms with Gasteiger partial charge in [-0.1, -0.05) is 24.6 Å². The third-order valence-electron chi connectivity index (χ3n) is 5.66. The molecule has 1 atom stereocenters. The van der Waals surface area contributed by atoms with Crippen LogP contribution in [0.5, 0.6) is 17.4 Å². The summed E-state index contributed by atoms with van der Waals surface area (Å²) >= 11 is 6.28. The van der Waals surface area contributed by atoms with Crippen molar-refractivity contribution in [3.05, 3.63) is 64.8 Å². The number of hydrogen-bond acceptors (Lipinski definition) is 4. The standard InChI is InChI=1S/C27H35ClN4O3/c1-8-18(2)31(26(33)29-27(4,5)6)17-24-19(3)30-32(21-11-9-10-20(28)16-21)25(24)35-23-14-12-22(34-7)13-15-23/h9-16,18H,8,17H2,1-7H3,(H,29,33). The lowest BCUT2D eigenvalue weighted by molar-refractivity contribution is 0.164. The van der Waals surface area contributed by atoms with Crippen molar-refractivity contribution in [3.63, 3.8) is 0 Å². The minimum absolute atomic E-state index is 0.0140. The molecule has 1 aromatic heterocycles. The van der Waals surface area contributed by atoms with E-state index < -0.39 is 0 Å². The first kappa shape index (κ1) is 26.4. The first-order valence-corrected chi connectivity index (χ1v) is 12.1. The van der Waals surface area contributed by atoms with E-state index in [9.17, 15) is 4.79 Å². The SMILES string of the molecule is CCC(C)N(Cc1c(C)nn(-c2cccc(Cl)c2)c1Oc1ccc(OC)cc1)C(=O)NC(C)(C)C. The number of halogens is 1. The summed E-state index contributed by atoms with van der Waals surface area (Å²) in [6, 6.07) is 14.7. The molecule has 0 radical (unpaired) electrons. The predicted molar refractivity (Wildman–Crippen MR) is 140 cm³/mol. The van der Waals surface area contributed by atoms with Crippen LogP contribution in [0.4, 0.5) is 4.79 Å². The topological polar surface area (TPSA) is 68.6 Å². The van der Waals surface area contributed by atoms with Gasteiger partial charge in [0.1, 0.15) is 11.5 Å². The number of methoxy groups -OCH3 is 1. The van der Waals surface area contributed by atoms with Gasteiger partial charge >= 0.3 is 6.03 Å². The zero-order valence-electron chi connectivity index (χ0n) is 21.6. The Morgan fingerprint density at radius 3 is 2.40 bits per heavy atom. The van der Waals surface area contributed by atoms with Gasteiger partial charge in [-0.05, 0) is 83.5 Å². The fourth-order valence-electron chi connectivity index (χ4n) is 3.57. The smallest absolute Gasteiger partial charge is 0.318 e. The Labute approximate surface area is 213 Å². The predicted octanol–water partition coefficient (Wildman–Crippen LogP) is 6.74. The van der Waals surface area contributed by atoms with E-state index in [2.05, 4.69) is 12.2 Å². The molecule has 0 bridgehead atoms. The number of carbonyl (C=O) groups is 1. The molecule has 1 unspecified atom stereocenters. The van der Waals surface area contributed by atoms with Gasteiger partial charge in [0.2, 0.25) is 5.88 Å². The van der Waals surface area contributed by atoms with Gasteiger partial charge in [-0.25, -0.2) is 9.48 Å². The van der Waals surface area contributed by atoms with Crippen molar-refractivity contribution in [2.75, 3.05) is 7.11 Å². The second-order valence-electron chi connectivity index (χ2n) is 9.60. The van der Waals surface area contributed by atoms with Crippen LogP contribution in [0.25, 0.3) is 5.69 Å². The number of aromatic nitrogens is 2. The van der Waals surface area contributed by atoms with Gasteiger partial charge in [0.15, 0.2) is 0 Å². The number of hydrogen-bond donors (Lipinski definition) is 1. The number of benzene rings is 2. The van der Waals surface area contributed by atoms with Crippen LogP contribution in [-0.2, 0) is 6.54 Å². The Kier molecular flexibility index (Phi) is 8.33. The molecule has 2 amide bonds. The van der Waals surface area contributed by atoms with Gasteiger partial charge < -0.3 is 19.7 Å². The Morgan fingerprint density at radius 2 is 1.83 bits per heavy atom. The summed E-state index contributed by atoms with van der Waals surface area (Å²) in [6.45, 7) is 12.3. The molecule has 0 saturated carbocycles. The van der Waals surface area contributed by atoms with Crippen LogP contribution in [0.2, 0.25) is 5.02 Å². The van der Waals surface area contributed by atoms with Gasteiger partial charge in [0, 0.05) is 16.6 Å². The summed E-state index contributed by atoms with van der Waals surface area (Å²) in [6.07, 6.45) is 0.813. The van der Waals surface area contributed by atoms with E-state index >= 15 is 0 Å². The summed E-state index contributed by atoms with van der Waals surface area (Å²) in [7, 11) is 1.62. The van der Waals surface area contributed by atoms with Crippen molar-refractivity contribution in [1.82, 2.24) is 20.0 Å². The van der Waals surface area contributed by atoms with Gasteiger partial charge in [0.25, 0.3) is 0 Å². The molecule has 3 aromatic rings. The lowest BCUT2D eigenvalue weighted by Gasteiger charge is -2.32. The number of urea groups is 1. The molecule has 7 nitrogen and oxygen atoms in total. The van der Waals surface area contributed by atoms with Gasteiger partial charge in [-0.15, -0.1) is 0 Å². The molecule has 0 aliphatic carbocycles. The maximum atomic E-state index is 13.3. The number of carbonyl (C=O) groups excluding carboxylic acids is 1. The van der Waals surface area contributed by atoms with E-state index in [-0.39, 0.29) is 17.6 Å². The Balaban J connectivity index is 2.08. The van der Waals surface area contributed by atoms with Gasteiger partial charge in [-0.2, -0.15) is 5.10 Å². The van der Waals surface area contributed by atoms with Crippen molar-refractivity contribution in [3.8, 4) is 23.1 Å². The lowest BCUT2D eigenvalue weighted by Crippen LogP contribution is -2.50. The molecule has 1 heterocycles. The van der Waals surface area contributed by atoms with Crippen molar-refractivity contribution in [2.24, 2.45) is 0 Å². The Morgan fingerprint density at radius 1 is 1.17 bits per heavy atom. The normalized spacial score (nSPS) is 12.2. The monoisotopic (exact) mass is 498 g/mol. The van der Waals surface area contributed by atoms with E-state index in [0.717, 1.165) is 29.1 Å². The summed E-state index contributed by atoms with van der Waals surface area (Å²) in [5.74, 6) is 1.90. The van der Waals surface area contributed by atoms with Crippen LogP contribution < -0.4 is 14.8 Å². The van der Waals surface area contributed by atoms with Crippen molar-refractivity contribution >= 4 is 17.6 Å². The minimum Gasteiger partial charge on any atom is -0.497 e. The number of amides is 2. The number of nitrogens with zero attached hydrogens (tertiary/aromatic N) is 3. The van der Waals surface area contributed by atoms with Crippen molar-refractivity contribution < 1.29 is 14.3 Å². The Bertz CT molecular complexity index is 1150. The molecule has 2 aromatic carbocycles. The third-order valence-corrected chi connectivity index (χ3v) is 5.89.